The van der Waals surface area contributed by atoms with Crippen molar-refractivity contribution in [2.75, 3.05) is 5.32 Å². The summed E-state index contributed by atoms with van der Waals surface area (Å²) in [6, 6.07) is 6.08. The number of amides is 1. The van der Waals surface area contributed by atoms with Crippen LogP contribution in [0.3, 0.4) is 0 Å². The molecule has 3 N–H and O–H groups in total. The standard InChI is InChI=1S/C12H14N4O3S/c1-8-3-4-9(7-11(8)20(13,18)19)15-12(17)10-5-6-14-16(10)2/h3-7H,1-2H3,(H,15,17)(H2,13,18,19). The second kappa shape index (κ2) is 5.06. The Kier molecular flexibility index (Phi) is 3.60. The van der Waals surface area contributed by atoms with Gasteiger partial charge >= 0.3 is 0 Å². The molecule has 0 spiro atoms. The summed E-state index contributed by atoms with van der Waals surface area (Å²) < 4.78 is 24.3. The molecule has 0 aliphatic heterocycles. The average Bonchev–Trinajstić information content (AvgIpc) is 2.76. The number of anilines is 1. The highest BCUT2D eigenvalue weighted by Gasteiger charge is 2.14. The van der Waals surface area contributed by atoms with Crippen molar-refractivity contribution in [3.8, 4) is 0 Å². The Balaban J connectivity index is 2.32. The van der Waals surface area contributed by atoms with Crippen LogP contribution in [0.4, 0.5) is 5.69 Å². The highest BCUT2D eigenvalue weighted by Crippen LogP contribution is 2.19. The van der Waals surface area contributed by atoms with Crippen LogP contribution >= 0.6 is 0 Å². The van der Waals surface area contributed by atoms with Crippen molar-refractivity contribution < 1.29 is 13.2 Å². The van der Waals surface area contributed by atoms with Gasteiger partial charge in [0.2, 0.25) is 10.0 Å². The molecular formula is C12H14N4O3S. The highest BCUT2D eigenvalue weighted by atomic mass is 32.2. The number of primary sulfonamides is 1. The van der Waals surface area contributed by atoms with E-state index in [9.17, 15) is 13.2 Å². The molecule has 20 heavy (non-hydrogen) atoms. The summed E-state index contributed by atoms with van der Waals surface area (Å²) in [5.74, 6) is -0.380. The SMILES string of the molecule is Cc1ccc(NC(=O)c2ccnn2C)cc1S(N)(=O)=O. The van der Waals surface area contributed by atoms with Crippen molar-refractivity contribution in [1.29, 1.82) is 0 Å². The number of sulfonamides is 1. The van der Waals surface area contributed by atoms with E-state index in [1.54, 1.807) is 32.2 Å². The van der Waals surface area contributed by atoms with E-state index in [4.69, 9.17) is 5.14 Å². The number of hydrogen-bond donors (Lipinski definition) is 2. The summed E-state index contributed by atoms with van der Waals surface area (Å²) >= 11 is 0. The second-order valence-corrected chi connectivity index (χ2v) is 5.85. The van der Waals surface area contributed by atoms with Gasteiger partial charge in [0.05, 0.1) is 4.90 Å². The van der Waals surface area contributed by atoms with Crippen molar-refractivity contribution in [2.24, 2.45) is 12.2 Å². The minimum Gasteiger partial charge on any atom is -0.321 e. The van der Waals surface area contributed by atoms with Gasteiger partial charge in [-0.3, -0.25) is 9.48 Å². The van der Waals surface area contributed by atoms with Crippen LogP contribution < -0.4 is 10.5 Å². The number of carbonyl (C=O) groups is 1. The highest BCUT2D eigenvalue weighted by molar-refractivity contribution is 7.89. The van der Waals surface area contributed by atoms with Gasteiger partial charge in [-0.2, -0.15) is 5.10 Å². The van der Waals surface area contributed by atoms with Crippen molar-refractivity contribution >= 4 is 21.6 Å². The van der Waals surface area contributed by atoms with Crippen molar-refractivity contribution in [1.82, 2.24) is 9.78 Å². The maximum atomic E-state index is 12.0. The van der Waals surface area contributed by atoms with E-state index in [1.807, 2.05) is 0 Å². The van der Waals surface area contributed by atoms with Gasteiger partial charge in [0.25, 0.3) is 5.91 Å². The largest absolute Gasteiger partial charge is 0.321 e. The maximum Gasteiger partial charge on any atom is 0.273 e. The minimum absolute atomic E-state index is 0.0136. The Labute approximate surface area is 116 Å². The molecule has 0 saturated carbocycles. The molecule has 0 bridgehead atoms. The Hall–Kier alpha value is -2.19. The third kappa shape index (κ3) is 2.86. The third-order valence-electron chi connectivity index (χ3n) is 2.81. The summed E-state index contributed by atoms with van der Waals surface area (Å²) in [7, 11) is -2.18. The topological polar surface area (TPSA) is 107 Å². The number of rotatable bonds is 3. The number of carbonyl (C=O) groups excluding carboxylic acids is 1. The van der Waals surface area contributed by atoms with E-state index < -0.39 is 10.0 Å². The predicted octanol–water partition coefficient (Wildman–Crippen LogP) is 0.628. The Morgan fingerprint density at radius 2 is 2.05 bits per heavy atom. The minimum atomic E-state index is -3.82. The van der Waals surface area contributed by atoms with E-state index in [1.165, 1.54) is 16.9 Å². The van der Waals surface area contributed by atoms with Crippen LogP contribution in [0.15, 0.2) is 35.4 Å². The van der Waals surface area contributed by atoms with E-state index in [0.29, 0.717) is 16.9 Å². The lowest BCUT2D eigenvalue weighted by molar-refractivity contribution is 0.101. The number of benzene rings is 1. The number of nitrogens with two attached hydrogens (primary N) is 1. The van der Waals surface area contributed by atoms with Gasteiger partial charge in [0.15, 0.2) is 0 Å². The van der Waals surface area contributed by atoms with Crippen LogP contribution in [0, 0.1) is 6.92 Å². The molecular weight excluding hydrogens is 280 g/mol. The van der Waals surface area contributed by atoms with Crippen LogP contribution in [0.5, 0.6) is 0 Å². The quantitative estimate of drug-likeness (QED) is 0.865. The molecule has 1 amide bonds. The van der Waals surface area contributed by atoms with Gasteiger partial charge in [0, 0.05) is 18.9 Å². The molecule has 8 heteroatoms. The molecule has 1 heterocycles. The van der Waals surface area contributed by atoms with Gasteiger partial charge < -0.3 is 5.32 Å². The monoisotopic (exact) mass is 294 g/mol. The summed E-state index contributed by atoms with van der Waals surface area (Å²) in [6.07, 6.45) is 1.50. The van der Waals surface area contributed by atoms with Crippen LogP contribution in [0.2, 0.25) is 0 Å². The smallest absolute Gasteiger partial charge is 0.273 e. The van der Waals surface area contributed by atoms with E-state index in [0.717, 1.165) is 0 Å². The first-order chi connectivity index (χ1) is 9.29. The van der Waals surface area contributed by atoms with Gasteiger partial charge in [-0.1, -0.05) is 6.07 Å². The first-order valence-electron chi connectivity index (χ1n) is 5.72. The Bertz CT molecular complexity index is 765. The number of hydrogen-bond acceptors (Lipinski definition) is 4. The fourth-order valence-electron chi connectivity index (χ4n) is 1.78. The van der Waals surface area contributed by atoms with Gasteiger partial charge in [-0.25, -0.2) is 13.6 Å². The zero-order valence-electron chi connectivity index (χ0n) is 11.0. The number of aromatic nitrogens is 2. The van der Waals surface area contributed by atoms with Crippen molar-refractivity contribution in [3.63, 3.8) is 0 Å². The van der Waals surface area contributed by atoms with Crippen LogP contribution in [0.25, 0.3) is 0 Å². The molecule has 1 aromatic carbocycles. The predicted molar refractivity (Wildman–Crippen MR) is 73.7 cm³/mol. The number of aryl methyl sites for hydroxylation is 2. The molecule has 0 saturated heterocycles. The van der Waals surface area contributed by atoms with Crippen LogP contribution in [-0.4, -0.2) is 24.1 Å². The summed E-state index contributed by atoms with van der Waals surface area (Å²) in [4.78, 5) is 12.0. The molecule has 2 aromatic rings. The zero-order chi connectivity index (χ0) is 14.9. The molecule has 1 aromatic heterocycles. The molecule has 0 aliphatic rings. The molecule has 0 atom stereocenters. The maximum absolute atomic E-state index is 12.0. The second-order valence-electron chi connectivity index (χ2n) is 4.32. The molecule has 0 unspecified atom stereocenters. The molecule has 0 fully saturated rings. The Morgan fingerprint density at radius 3 is 2.60 bits per heavy atom. The fraction of sp³-hybridized carbons (Fsp3) is 0.167. The summed E-state index contributed by atoms with van der Waals surface area (Å²) in [5, 5.41) is 11.6. The third-order valence-corrected chi connectivity index (χ3v) is 3.86. The zero-order valence-corrected chi connectivity index (χ0v) is 11.8. The van der Waals surface area contributed by atoms with E-state index in [-0.39, 0.29) is 10.8 Å². The fourth-order valence-corrected chi connectivity index (χ4v) is 2.58. The Morgan fingerprint density at radius 1 is 1.35 bits per heavy atom. The molecule has 7 nitrogen and oxygen atoms in total. The normalized spacial score (nSPS) is 11.3. The summed E-state index contributed by atoms with van der Waals surface area (Å²) in [5.41, 5.74) is 1.24. The van der Waals surface area contributed by atoms with Crippen LogP contribution in [0.1, 0.15) is 16.1 Å². The van der Waals surface area contributed by atoms with Gasteiger partial charge in [0.1, 0.15) is 5.69 Å². The van der Waals surface area contributed by atoms with Crippen molar-refractivity contribution in [3.05, 3.63) is 41.7 Å². The molecule has 0 aliphatic carbocycles. The molecule has 106 valence electrons. The molecule has 0 radical (unpaired) electrons. The van der Waals surface area contributed by atoms with Gasteiger partial charge in [-0.15, -0.1) is 0 Å². The lowest BCUT2D eigenvalue weighted by Crippen LogP contribution is -2.18. The lowest BCUT2D eigenvalue weighted by Gasteiger charge is -2.09. The molecule has 2 rings (SSSR count). The van der Waals surface area contributed by atoms with E-state index >= 15 is 0 Å². The lowest BCUT2D eigenvalue weighted by atomic mass is 10.2. The number of nitrogens with zero attached hydrogens (tertiary/aromatic N) is 2. The van der Waals surface area contributed by atoms with Crippen LogP contribution in [-0.2, 0) is 17.1 Å². The number of nitrogens with one attached hydrogen (secondary N) is 1. The van der Waals surface area contributed by atoms with Crippen molar-refractivity contribution in [2.45, 2.75) is 11.8 Å². The summed E-state index contributed by atoms with van der Waals surface area (Å²) in [6.45, 7) is 1.63. The van der Waals surface area contributed by atoms with Gasteiger partial charge in [-0.05, 0) is 30.7 Å². The van der Waals surface area contributed by atoms with E-state index in [2.05, 4.69) is 10.4 Å². The average molecular weight is 294 g/mol. The first-order valence-corrected chi connectivity index (χ1v) is 7.26. The first kappa shape index (κ1) is 14.2.